The maximum atomic E-state index is 10.8. The van der Waals surface area contributed by atoms with Gasteiger partial charge in [-0.05, 0) is 12.1 Å². The van der Waals surface area contributed by atoms with Crippen LogP contribution < -0.4 is 4.74 Å². The second kappa shape index (κ2) is 5.80. The summed E-state index contributed by atoms with van der Waals surface area (Å²) in [7, 11) is 1.36. The quantitative estimate of drug-likeness (QED) is 0.546. The van der Waals surface area contributed by atoms with Crippen molar-refractivity contribution in [2.45, 2.75) is 12.8 Å². The molecule has 0 saturated carbocycles. The molecule has 0 spiro atoms. The first-order chi connectivity index (χ1) is 7.22. The molecule has 0 saturated heterocycles. The lowest BCUT2D eigenvalue weighted by Gasteiger charge is -2.07. The highest BCUT2D eigenvalue weighted by molar-refractivity contribution is 5.69. The summed E-state index contributed by atoms with van der Waals surface area (Å²) in [6.07, 6.45) is 3.99. The molecule has 0 aliphatic rings. The number of rotatable bonds is 5. The molecule has 0 N–H and O–H groups in total. The van der Waals surface area contributed by atoms with Crippen molar-refractivity contribution in [2.75, 3.05) is 7.11 Å². The maximum Gasteiger partial charge on any atom is 0.305 e. The van der Waals surface area contributed by atoms with Gasteiger partial charge in [-0.3, -0.25) is 9.78 Å². The van der Waals surface area contributed by atoms with E-state index in [4.69, 9.17) is 4.74 Å². The van der Waals surface area contributed by atoms with E-state index in [1.807, 2.05) is 0 Å². The highest BCUT2D eigenvalue weighted by Gasteiger charge is 2.03. The third-order valence-electron chi connectivity index (χ3n) is 1.75. The van der Waals surface area contributed by atoms with Crippen molar-refractivity contribution < 1.29 is 14.3 Å². The first-order valence-electron chi connectivity index (χ1n) is 4.55. The molecular formula is C11H13NO3. The van der Waals surface area contributed by atoms with Gasteiger partial charge in [-0.25, -0.2) is 0 Å². The fourth-order valence-corrected chi connectivity index (χ4v) is 0.968. The lowest BCUT2D eigenvalue weighted by atomic mass is 10.3. The summed E-state index contributed by atoms with van der Waals surface area (Å²) in [4.78, 5) is 14.7. The van der Waals surface area contributed by atoms with E-state index in [9.17, 15) is 4.79 Å². The van der Waals surface area contributed by atoms with Crippen LogP contribution in [0.4, 0.5) is 0 Å². The van der Waals surface area contributed by atoms with Crippen molar-refractivity contribution in [1.29, 1.82) is 0 Å². The standard InChI is InChI=1S/C11H13NO3/c1-9(3-4-11(13)14-2)15-10-5-7-12-8-6-10/h5-8H,1,3-4H2,2H3. The molecule has 15 heavy (non-hydrogen) atoms. The van der Waals surface area contributed by atoms with E-state index in [1.54, 1.807) is 24.5 Å². The molecule has 0 bridgehead atoms. The first kappa shape index (κ1) is 11.2. The van der Waals surface area contributed by atoms with E-state index >= 15 is 0 Å². The zero-order chi connectivity index (χ0) is 11.1. The second-order valence-electron chi connectivity index (χ2n) is 2.90. The van der Waals surface area contributed by atoms with E-state index in [1.165, 1.54) is 7.11 Å². The monoisotopic (exact) mass is 207 g/mol. The lowest BCUT2D eigenvalue weighted by molar-refractivity contribution is -0.140. The first-order valence-corrected chi connectivity index (χ1v) is 4.55. The minimum Gasteiger partial charge on any atom is -0.469 e. The smallest absolute Gasteiger partial charge is 0.305 e. The molecule has 4 nitrogen and oxygen atoms in total. The largest absolute Gasteiger partial charge is 0.469 e. The van der Waals surface area contributed by atoms with Gasteiger partial charge in [0.1, 0.15) is 5.75 Å². The predicted molar refractivity (Wildman–Crippen MR) is 55.3 cm³/mol. The topological polar surface area (TPSA) is 48.4 Å². The van der Waals surface area contributed by atoms with Gasteiger partial charge in [0, 0.05) is 18.8 Å². The van der Waals surface area contributed by atoms with E-state index < -0.39 is 0 Å². The molecule has 0 aromatic carbocycles. The normalized spacial score (nSPS) is 9.40. The predicted octanol–water partition coefficient (Wildman–Crippen LogP) is 1.93. The molecule has 0 unspecified atom stereocenters. The summed E-state index contributed by atoms with van der Waals surface area (Å²) in [5.74, 6) is 0.931. The van der Waals surface area contributed by atoms with Crippen molar-refractivity contribution in [1.82, 2.24) is 4.98 Å². The number of ether oxygens (including phenoxy) is 2. The third kappa shape index (κ3) is 4.26. The molecule has 0 aliphatic heterocycles. The van der Waals surface area contributed by atoms with Gasteiger partial charge in [0.05, 0.1) is 19.3 Å². The molecule has 1 rings (SSSR count). The SMILES string of the molecule is C=C(CCC(=O)OC)Oc1ccncc1. The van der Waals surface area contributed by atoms with Crippen LogP contribution in [0.25, 0.3) is 0 Å². The molecule has 0 amide bonds. The molecule has 0 radical (unpaired) electrons. The summed E-state index contributed by atoms with van der Waals surface area (Å²) in [6.45, 7) is 3.71. The van der Waals surface area contributed by atoms with Crippen LogP contribution in [-0.2, 0) is 9.53 Å². The van der Waals surface area contributed by atoms with Crippen LogP contribution in [0.5, 0.6) is 5.75 Å². The Hall–Kier alpha value is -1.84. The second-order valence-corrected chi connectivity index (χ2v) is 2.90. The van der Waals surface area contributed by atoms with Crippen molar-refractivity contribution >= 4 is 5.97 Å². The fraction of sp³-hybridized carbons (Fsp3) is 0.273. The lowest BCUT2D eigenvalue weighted by Crippen LogP contribution is -2.02. The molecule has 80 valence electrons. The number of esters is 1. The van der Waals surface area contributed by atoms with Crippen LogP contribution in [0.2, 0.25) is 0 Å². The summed E-state index contributed by atoms with van der Waals surface area (Å²) in [5, 5.41) is 0. The number of aromatic nitrogens is 1. The Kier molecular flexibility index (Phi) is 4.34. The number of nitrogens with zero attached hydrogens (tertiary/aromatic N) is 1. The minimum atomic E-state index is -0.269. The van der Waals surface area contributed by atoms with Crippen LogP contribution >= 0.6 is 0 Å². The highest BCUT2D eigenvalue weighted by Crippen LogP contribution is 2.13. The number of pyridine rings is 1. The van der Waals surface area contributed by atoms with Crippen LogP contribution in [0, 0.1) is 0 Å². The molecule has 0 aliphatic carbocycles. The maximum absolute atomic E-state index is 10.8. The van der Waals surface area contributed by atoms with Crippen LogP contribution in [-0.4, -0.2) is 18.1 Å². The molecule has 1 aromatic heterocycles. The van der Waals surface area contributed by atoms with Crippen molar-refractivity contribution in [3.8, 4) is 5.75 Å². The molecule has 1 aromatic rings. The van der Waals surface area contributed by atoms with E-state index in [0.717, 1.165) is 0 Å². The van der Waals surface area contributed by atoms with Gasteiger partial charge in [0.2, 0.25) is 0 Å². The van der Waals surface area contributed by atoms with Crippen LogP contribution in [0.1, 0.15) is 12.8 Å². The average molecular weight is 207 g/mol. The van der Waals surface area contributed by atoms with E-state index in [0.29, 0.717) is 17.9 Å². The Balaban J connectivity index is 2.34. The molecule has 0 fully saturated rings. The Morgan fingerprint density at radius 2 is 2.07 bits per heavy atom. The molecular weight excluding hydrogens is 194 g/mol. The Labute approximate surface area is 88.5 Å². The summed E-state index contributed by atoms with van der Waals surface area (Å²) < 4.78 is 9.87. The Bertz CT molecular complexity index is 335. The van der Waals surface area contributed by atoms with Crippen molar-refractivity contribution in [3.63, 3.8) is 0 Å². The van der Waals surface area contributed by atoms with E-state index in [2.05, 4.69) is 16.3 Å². The Morgan fingerprint density at radius 3 is 2.67 bits per heavy atom. The van der Waals surface area contributed by atoms with E-state index in [-0.39, 0.29) is 12.4 Å². The van der Waals surface area contributed by atoms with Gasteiger partial charge in [-0.1, -0.05) is 6.58 Å². The van der Waals surface area contributed by atoms with Gasteiger partial charge >= 0.3 is 5.97 Å². The Morgan fingerprint density at radius 1 is 1.40 bits per heavy atom. The van der Waals surface area contributed by atoms with Gasteiger partial charge in [0.15, 0.2) is 0 Å². The van der Waals surface area contributed by atoms with Crippen molar-refractivity contribution in [3.05, 3.63) is 36.9 Å². The zero-order valence-electron chi connectivity index (χ0n) is 8.60. The van der Waals surface area contributed by atoms with Gasteiger partial charge in [0.25, 0.3) is 0 Å². The molecule has 0 atom stereocenters. The third-order valence-corrected chi connectivity index (χ3v) is 1.75. The summed E-state index contributed by atoms with van der Waals surface area (Å²) in [6, 6.07) is 3.45. The van der Waals surface area contributed by atoms with Crippen LogP contribution in [0.15, 0.2) is 36.9 Å². The number of allylic oxidation sites excluding steroid dienone is 1. The minimum absolute atomic E-state index is 0.269. The number of methoxy groups -OCH3 is 1. The molecule has 4 heteroatoms. The van der Waals surface area contributed by atoms with Crippen molar-refractivity contribution in [2.24, 2.45) is 0 Å². The number of carbonyl (C=O) groups excluding carboxylic acids is 1. The summed E-state index contributed by atoms with van der Waals surface area (Å²) >= 11 is 0. The van der Waals surface area contributed by atoms with Gasteiger partial charge in [-0.15, -0.1) is 0 Å². The number of hydrogen-bond acceptors (Lipinski definition) is 4. The average Bonchev–Trinajstić information content (AvgIpc) is 2.27. The fourth-order valence-electron chi connectivity index (χ4n) is 0.968. The summed E-state index contributed by atoms with van der Waals surface area (Å²) in [5.41, 5.74) is 0. The van der Waals surface area contributed by atoms with Gasteiger partial charge in [-0.2, -0.15) is 0 Å². The molecule has 1 heterocycles. The number of hydrogen-bond donors (Lipinski definition) is 0. The highest BCUT2D eigenvalue weighted by atomic mass is 16.5. The van der Waals surface area contributed by atoms with Crippen LogP contribution in [0.3, 0.4) is 0 Å². The van der Waals surface area contributed by atoms with Gasteiger partial charge < -0.3 is 9.47 Å². The zero-order valence-corrected chi connectivity index (χ0v) is 8.60. The number of carbonyl (C=O) groups is 1.